The number of aliphatic carboxylic acids is 1. The van der Waals surface area contributed by atoms with E-state index >= 15 is 0 Å². The molecule has 1 fully saturated rings. The number of carboxylic acids is 1. The van der Waals surface area contributed by atoms with E-state index in [9.17, 15) is 9.59 Å². The fourth-order valence-electron chi connectivity index (χ4n) is 1.98. The quantitative estimate of drug-likeness (QED) is 0.911. The molecule has 1 saturated heterocycles. The van der Waals surface area contributed by atoms with Crippen LogP contribution in [0.4, 0.5) is 0 Å². The molecular formula is C13H14BrNO3S. The summed E-state index contributed by atoms with van der Waals surface area (Å²) < 4.78 is 0.984. The van der Waals surface area contributed by atoms with Gasteiger partial charge < -0.3 is 10.0 Å². The van der Waals surface area contributed by atoms with Crippen molar-refractivity contribution in [3.05, 3.63) is 34.3 Å². The summed E-state index contributed by atoms with van der Waals surface area (Å²) in [5.41, 5.74) is 1.07. The number of carbonyl (C=O) groups is 2. The van der Waals surface area contributed by atoms with Crippen molar-refractivity contribution in [1.29, 1.82) is 0 Å². The summed E-state index contributed by atoms with van der Waals surface area (Å²) in [6.07, 6.45) is 0.979. The van der Waals surface area contributed by atoms with E-state index in [-0.39, 0.29) is 5.91 Å². The summed E-state index contributed by atoms with van der Waals surface area (Å²) in [5, 5.41) is 9.04. The summed E-state index contributed by atoms with van der Waals surface area (Å²) in [7, 11) is 0. The highest BCUT2D eigenvalue weighted by atomic mass is 79.9. The monoisotopic (exact) mass is 343 g/mol. The molecule has 1 heterocycles. The SMILES string of the molecule is O=C(O)C1CSCN1C(=O)CCc1cccc(Br)c1. The van der Waals surface area contributed by atoms with Gasteiger partial charge in [-0.2, -0.15) is 0 Å². The van der Waals surface area contributed by atoms with Crippen molar-refractivity contribution < 1.29 is 14.7 Å². The van der Waals surface area contributed by atoms with Crippen LogP contribution >= 0.6 is 27.7 Å². The maximum absolute atomic E-state index is 12.1. The average molecular weight is 344 g/mol. The van der Waals surface area contributed by atoms with E-state index in [0.29, 0.717) is 24.5 Å². The molecule has 1 N–H and O–H groups in total. The van der Waals surface area contributed by atoms with Gasteiger partial charge in [0.1, 0.15) is 6.04 Å². The van der Waals surface area contributed by atoms with Crippen LogP contribution in [0.3, 0.4) is 0 Å². The van der Waals surface area contributed by atoms with Crippen LogP contribution in [0.1, 0.15) is 12.0 Å². The van der Waals surface area contributed by atoms with E-state index in [1.807, 2.05) is 24.3 Å². The fraction of sp³-hybridized carbons (Fsp3) is 0.385. The number of aryl methyl sites for hydroxylation is 1. The second-order valence-electron chi connectivity index (χ2n) is 4.35. The summed E-state index contributed by atoms with van der Waals surface area (Å²) in [5.74, 6) is -0.0372. The minimum absolute atomic E-state index is 0.0858. The smallest absolute Gasteiger partial charge is 0.327 e. The minimum Gasteiger partial charge on any atom is -0.480 e. The molecule has 6 heteroatoms. The Labute approximate surface area is 124 Å². The van der Waals surface area contributed by atoms with Gasteiger partial charge in [0.15, 0.2) is 0 Å². The zero-order valence-corrected chi connectivity index (χ0v) is 12.6. The first-order valence-electron chi connectivity index (χ1n) is 5.92. The van der Waals surface area contributed by atoms with Crippen LogP contribution in [0.25, 0.3) is 0 Å². The molecule has 2 rings (SSSR count). The standard InChI is InChI=1S/C13H14BrNO3S/c14-10-3-1-2-9(6-10)4-5-12(16)15-8-19-7-11(15)13(17)18/h1-3,6,11H,4-5,7-8H2,(H,17,18). The van der Waals surface area contributed by atoms with Crippen molar-refractivity contribution in [2.75, 3.05) is 11.6 Å². The molecule has 1 aromatic rings. The molecule has 0 spiro atoms. The maximum Gasteiger partial charge on any atom is 0.327 e. The molecule has 1 aliphatic rings. The van der Waals surface area contributed by atoms with E-state index in [1.54, 1.807) is 0 Å². The van der Waals surface area contributed by atoms with Crippen molar-refractivity contribution in [1.82, 2.24) is 4.90 Å². The molecule has 1 amide bonds. The van der Waals surface area contributed by atoms with Crippen LogP contribution in [0, 0.1) is 0 Å². The number of thioether (sulfide) groups is 1. The van der Waals surface area contributed by atoms with Gasteiger partial charge in [0.05, 0.1) is 5.88 Å². The molecule has 0 radical (unpaired) electrons. The third-order valence-corrected chi connectivity index (χ3v) is 4.51. The highest BCUT2D eigenvalue weighted by Crippen LogP contribution is 2.22. The Hall–Kier alpha value is -1.01. The number of benzene rings is 1. The molecule has 0 aromatic heterocycles. The van der Waals surface area contributed by atoms with Gasteiger partial charge in [-0.3, -0.25) is 4.79 Å². The third-order valence-electron chi connectivity index (χ3n) is 3.00. The zero-order valence-electron chi connectivity index (χ0n) is 10.2. The van der Waals surface area contributed by atoms with Gasteiger partial charge in [-0.1, -0.05) is 28.1 Å². The molecule has 1 aliphatic heterocycles. The second kappa shape index (κ2) is 6.43. The summed E-state index contributed by atoms with van der Waals surface area (Å²) in [4.78, 5) is 24.5. The van der Waals surface area contributed by atoms with Gasteiger partial charge in [0, 0.05) is 16.6 Å². The minimum atomic E-state index is -0.916. The lowest BCUT2D eigenvalue weighted by molar-refractivity contribution is -0.147. The second-order valence-corrected chi connectivity index (χ2v) is 6.26. The fourth-order valence-corrected chi connectivity index (χ4v) is 3.60. The Kier molecular flexibility index (Phi) is 4.87. The predicted octanol–water partition coefficient (Wildman–Crippen LogP) is 2.37. The molecule has 0 aliphatic carbocycles. The highest BCUT2D eigenvalue weighted by Gasteiger charge is 2.33. The van der Waals surface area contributed by atoms with Crippen LogP contribution in [0.15, 0.2) is 28.7 Å². The van der Waals surface area contributed by atoms with Crippen molar-refractivity contribution in [3.8, 4) is 0 Å². The van der Waals surface area contributed by atoms with Gasteiger partial charge in [-0.25, -0.2) is 4.79 Å². The van der Waals surface area contributed by atoms with Crippen molar-refractivity contribution >= 4 is 39.6 Å². The Morgan fingerprint density at radius 1 is 1.47 bits per heavy atom. The summed E-state index contributed by atoms with van der Waals surface area (Å²) >= 11 is 4.88. The number of rotatable bonds is 4. The molecule has 19 heavy (non-hydrogen) atoms. The largest absolute Gasteiger partial charge is 0.480 e. The molecule has 0 saturated carbocycles. The van der Waals surface area contributed by atoms with E-state index in [1.165, 1.54) is 16.7 Å². The number of carboxylic acid groups (broad SMARTS) is 1. The van der Waals surface area contributed by atoms with Crippen LogP contribution in [0.2, 0.25) is 0 Å². The number of amides is 1. The number of halogens is 1. The van der Waals surface area contributed by atoms with E-state index in [2.05, 4.69) is 15.9 Å². The van der Waals surface area contributed by atoms with Gasteiger partial charge in [0.25, 0.3) is 0 Å². The van der Waals surface area contributed by atoms with E-state index in [4.69, 9.17) is 5.11 Å². The Bertz CT molecular complexity index is 495. The lowest BCUT2D eigenvalue weighted by Gasteiger charge is -2.20. The van der Waals surface area contributed by atoms with Gasteiger partial charge in [-0.05, 0) is 24.1 Å². The molecule has 1 atom stereocenters. The predicted molar refractivity (Wildman–Crippen MR) is 78.1 cm³/mol. The maximum atomic E-state index is 12.1. The van der Waals surface area contributed by atoms with Crippen LogP contribution in [-0.4, -0.2) is 39.6 Å². The molecule has 0 bridgehead atoms. The lowest BCUT2D eigenvalue weighted by atomic mass is 10.1. The number of carbonyl (C=O) groups excluding carboxylic acids is 1. The topological polar surface area (TPSA) is 57.6 Å². The Balaban J connectivity index is 1.92. The average Bonchev–Trinajstić information content (AvgIpc) is 2.85. The molecule has 4 nitrogen and oxygen atoms in total. The molecule has 1 unspecified atom stereocenters. The first-order chi connectivity index (χ1) is 9.08. The molecule has 1 aromatic carbocycles. The van der Waals surface area contributed by atoms with Crippen molar-refractivity contribution in [3.63, 3.8) is 0 Å². The Morgan fingerprint density at radius 3 is 2.95 bits per heavy atom. The third kappa shape index (κ3) is 3.73. The van der Waals surface area contributed by atoms with Crippen LogP contribution < -0.4 is 0 Å². The van der Waals surface area contributed by atoms with Crippen molar-refractivity contribution in [2.24, 2.45) is 0 Å². The Morgan fingerprint density at radius 2 is 2.26 bits per heavy atom. The van der Waals surface area contributed by atoms with Crippen LogP contribution in [0.5, 0.6) is 0 Å². The first-order valence-corrected chi connectivity index (χ1v) is 7.87. The number of hydrogen-bond donors (Lipinski definition) is 1. The van der Waals surface area contributed by atoms with Crippen molar-refractivity contribution in [2.45, 2.75) is 18.9 Å². The van der Waals surface area contributed by atoms with E-state index < -0.39 is 12.0 Å². The van der Waals surface area contributed by atoms with E-state index in [0.717, 1.165) is 10.0 Å². The summed E-state index contributed by atoms with van der Waals surface area (Å²) in [6.45, 7) is 0. The molecular weight excluding hydrogens is 330 g/mol. The lowest BCUT2D eigenvalue weighted by Crippen LogP contribution is -2.41. The van der Waals surface area contributed by atoms with Gasteiger partial charge in [-0.15, -0.1) is 11.8 Å². The summed E-state index contributed by atoms with van der Waals surface area (Å²) in [6, 6.07) is 7.13. The van der Waals surface area contributed by atoms with Gasteiger partial charge >= 0.3 is 5.97 Å². The van der Waals surface area contributed by atoms with Crippen LogP contribution in [-0.2, 0) is 16.0 Å². The molecule has 102 valence electrons. The number of hydrogen-bond acceptors (Lipinski definition) is 3. The number of nitrogens with zero attached hydrogens (tertiary/aromatic N) is 1. The first kappa shape index (κ1) is 14.4. The van der Waals surface area contributed by atoms with Gasteiger partial charge in [0.2, 0.25) is 5.91 Å². The highest BCUT2D eigenvalue weighted by molar-refractivity contribution is 9.10. The zero-order chi connectivity index (χ0) is 13.8. The normalized spacial score (nSPS) is 18.6.